The van der Waals surface area contributed by atoms with Gasteiger partial charge < -0.3 is 10.6 Å². The van der Waals surface area contributed by atoms with E-state index in [1.807, 2.05) is 19.4 Å². The number of aromatic nitrogens is 2. The monoisotopic (exact) mass is 417 g/mol. The fraction of sp³-hybridized carbons (Fsp3) is 0.625. The number of aliphatic imine (C=N–C) groups is 1. The zero-order valence-electron chi connectivity index (χ0n) is 13.6. The van der Waals surface area contributed by atoms with E-state index >= 15 is 0 Å². The highest BCUT2D eigenvalue weighted by atomic mass is 127. The predicted octanol–water partition coefficient (Wildman–Crippen LogP) is 2.98. The molecule has 6 heteroatoms. The van der Waals surface area contributed by atoms with Crippen LogP contribution in [0.3, 0.4) is 0 Å². The fourth-order valence-electron chi connectivity index (χ4n) is 2.54. The molecule has 2 N–H and O–H groups in total. The lowest BCUT2D eigenvalue weighted by Crippen LogP contribution is -2.37. The molecule has 0 aromatic carbocycles. The zero-order valence-corrected chi connectivity index (χ0v) is 16.0. The number of hydrogen-bond acceptors (Lipinski definition) is 2. The molecule has 22 heavy (non-hydrogen) atoms. The van der Waals surface area contributed by atoms with Gasteiger partial charge in [-0.15, -0.1) is 24.0 Å². The summed E-state index contributed by atoms with van der Waals surface area (Å²) in [4.78, 5) is 4.60. The minimum atomic E-state index is 0. The summed E-state index contributed by atoms with van der Waals surface area (Å²) in [6, 6.07) is 0. The molecule has 1 heterocycles. The van der Waals surface area contributed by atoms with E-state index in [1.165, 1.54) is 25.7 Å². The molecule has 0 saturated heterocycles. The third kappa shape index (κ3) is 6.81. The molecule has 0 radical (unpaired) electrons. The second-order valence-electron chi connectivity index (χ2n) is 5.50. The normalized spacial score (nSPS) is 15.0. The van der Waals surface area contributed by atoms with E-state index in [0.29, 0.717) is 6.54 Å². The number of halogens is 1. The summed E-state index contributed by atoms with van der Waals surface area (Å²) in [5.74, 6) is 0.887. The zero-order chi connectivity index (χ0) is 14.9. The summed E-state index contributed by atoms with van der Waals surface area (Å²) in [6.07, 6.45) is 12.6. The van der Waals surface area contributed by atoms with E-state index in [4.69, 9.17) is 0 Å². The molecule has 1 aliphatic carbocycles. The van der Waals surface area contributed by atoms with E-state index in [2.05, 4.69) is 33.7 Å². The van der Waals surface area contributed by atoms with Crippen LogP contribution in [0, 0.1) is 0 Å². The van der Waals surface area contributed by atoms with Crippen LogP contribution in [-0.2, 0) is 13.6 Å². The number of hydrogen-bond donors (Lipinski definition) is 2. The first-order valence-corrected chi connectivity index (χ1v) is 7.95. The Hall–Kier alpha value is -1.05. The van der Waals surface area contributed by atoms with Crippen LogP contribution < -0.4 is 10.6 Å². The second-order valence-corrected chi connectivity index (χ2v) is 5.50. The van der Waals surface area contributed by atoms with E-state index in [1.54, 1.807) is 10.3 Å². The SMILES string of the molecule is CCNC(=NCc1cnn(C)c1)NCCC1=CCCCC1.I. The summed E-state index contributed by atoms with van der Waals surface area (Å²) < 4.78 is 1.81. The Bertz CT molecular complexity index is 492. The molecule has 0 amide bonds. The van der Waals surface area contributed by atoms with Gasteiger partial charge in [0.25, 0.3) is 0 Å². The first-order chi connectivity index (χ1) is 10.3. The van der Waals surface area contributed by atoms with Gasteiger partial charge in [-0.05, 0) is 39.0 Å². The lowest BCUT2D eigenvalue weighted by atomic mass is 9.97. The van der Waals surface area contributed by atoms with Crippen molar-refractivity contribution in [3.8, 4) is 0 Å². The van der Waals surface area contributed by atoms with Crippen molar-refractivity contribution in [2.24, 2.45) is 12.0 Å². The van der Waals surface area contributed by atoms with Crippen LogP contribution in [0.5, 0.6) is 0 Å². The number of rotatable bonds is 6. The summed E-state index contributed by atoms with van der Waals surface area (Å²) in [5, 5.41) is 10.9. The highest BCUT2D eigenvalue weighted by Gasteiger charge is 2.04. The number of aryl methyl sites for hydroxylation is 1. The van der Waals surface area contributed by atoms with Crippen LogP contribution >= 0.6 is 24.0 Å². The maximum absolute atomic E-state index is 4.60. The van der Waals surface area contributed by atoms with Gasteiger partial charge in [0.05, 0.1) is 12.7 Å². The Kier molecular flexibility index (Phi) is 9.19. The van der Waals surface area contributed by atoms with E-state index < -0.39 is 0 Å². The molecule has 5 nitrogen and oxygen atoms in total. The van der Waals surface area contributed by atoms with Crippen LogP contribution in [0.2, 0.25) is 0 Å². The molecular formula is C16H28IN5. The Balaban J connectivity index is 0.00000242. The van der Waals surface area contributed by atoms with Crippen molar-refractivity contribution in [2.45, 2.75) is 45.6 Å². The van der Waals surface area contributed by atoms with Crippen LogP contribution in [0.15, 0.2) is 29.0 Å². The second kappa shape index (κ2) is 10.6. The van der Waals surface area contributed by atoms with Crippen molar-refractivity contribution < 1.29 is 0 Å². The molecular weight excluding hydrogens is 389 g/mol. The molecule has 0 unspecified atom stereocenters. The third-order valence-corrected chi connectivity index (χ3v) is 3.65. The maximum Gasteiger partial charge on any atom is 0.191 e. The Morgan fingerprint density at radius 1 is 1.36 bits per heavy atom. The van der Waals surface area contributed by atoms with Gasteiger partial charge in [0, 0.05) is 31.9 Å². The Labute approximate surface area is 150 Å². The molecule has 1 aromatic heterocycles. The van der Waals surface area contributed by atoms with Gasteiger partial charge in [0.15, 0.2) is 5.96 Å². The summed E-state index contributed by atoms with van der Waals surface area (Å²) in [5.41, 5.74) is 2.72. The van der Waals surface area contributed by atoms with Gasteiger partial charge in [-0.25, -0.2) is 4.99 Å². The summed E-state index contributed by atoms with van der Waals surface area (Å²) in [7, 11) is 1.93. The molecule has 0 bridgehead atoms. The molecule has 0 saturated carbocycles. The van der Waals surface area contributed by atoms with Crippen LogP contribution in [0.1, 0.15) is 44.6 Å². The lowest BCUT2D eigenvalue weighted by Gasteiger charge is -2.15. The van der Waals surface area contributed by atoms with Crippen LogP contribution in [0.25, 0.3) is 0 Å². The van der Waals surface area contributed by atoms with Crippen molar-refractivity contribution in [2.75, 3.05) is 13.1 Å². The molecule has 0 aliphatic heterocycles. The smallest absolute Gasteiger partial charge is 0.191 e. The lowest BCUT2D eigenvalue weighted by molar-refractivity contribution is 0.665. The molecule has 0 spiro atoms. The molecule has 124 valence electrons. The first-order valence-electron chi connectivity index (χ1n) is 7.95. The maximum atomic E-state index is 4.60. The average molecular weight is 417 g/mol. The Morgan fingerprint density at radius 2 is 2.23 bits per heavy atom. The fourth-order valence-corrected chi connectivity index (χ4v) is 2.54. The third-order valence-electron chi connectivity index (χ3n) is 3.65. The summed E-state index contributed by atoms with van der Waals surface area (Å²) >= 11 is 0. The number of guanidine groups is 1. The van der Waals surface area contributed by atoms with E-state index in [9.17, 15) is 0 Å². The number of nitrogens with zero attached hydrogens (tertiary/aromatic N) is 3. The largest absolute Gasteiger partial charge is 0.357 e. The van der Waals surface area contributed by atoms with Crippen molar-refractivity contribution in [1.29, 1.82) is 0 Å². The predicted molar refractivity (Wildman–Crippen MR) is 103 cm³/mol. The molecule has 1 aromatic rings. The molecule has 0 fully saturated rings. The van der Waals surface area contributed by atoms with Crippen molar-refractivity contribution >= 4 is 29.9 Å². The number of allylic oxidation sites excluding steroid dienone is 1. The molecule has 2 rings (SSSR count). The van der Waals surface area contributed by atoms with Crippen LogP contribution in [-0.4, -0.2) is 28.8 Å². The minimum absolute atomic E-state index is 0. The molecule has 1 aliphatic rings. The molecule has 0 atom stereocenters. The van der Waals surface area contributed by atoms with Gasteiger partial charge in [-0.3, -0.25) is 4.68 Å². The number of nitrogens with one attached hydrogen (secondary N) is 2. The van der Waals surface area contributed by atoms with Gasteiger partial charge in [0.2, 0.25) is 0 Å². The highest BCUT2D eigenvalue weighted by molar-refractivity contribution is 14.0. The first kappa shape index (κ1) is 19.0. The average Bonchev–Trinajstić information content (AvgIpc) is 2.91. The van der Waals surface area contributed by atoms with Gasteiger partial charge in [-0.2, -0.15) is 5.10 Å². The van der Waals surface area contributed by atoms with Crippen molar-refractivity contribution in [3.05, 3.63) is 29.6 Å². The Morgan fingerprint density at radius 3 is 2.86 bits per heavy atom. The van der Waals surface area contributed by atoms with E-state index in [0.717, 1.165) is 31.0 Å². The van der Waals surface area contributed by atoms with Gasteiger partial charge >= 0.3 is 0 Å². The van der Waals surface area contributed by atoms with Crippen molar-refractivity contribution in [3.63, 3.8) is 0 Å². The van der Waals surface area contributed by atoms with Crippen LogP contribution in [0.4, 0.5) is 0 Å². The highest BCUT2D eigenvalue weighted by Crippen LogP contribution is 2.19. The topological polar surface area (TPSA) is 54.2 Å². The summed E-state index contributed by atoms with van der Waals surface area (Å²) in [6.45, 7) is 4.57. The quantitative estimate of drug-likeness (QED) is 0.324. The minimum Gasteiger partial charge on any atom is -0.357 e. The van der Waals surface area contributed by atoms with Gasteiger partial charge in [-0.1, -0.05) is 11.6 Å². The van der Waals surface area contributed by atoms with Crippen molar-refractivity contribution in [1.82, 2.24) is 20.4 Å². The van der Waals surface area contributed by atoms with Gasteiger partial charge in [0.1, 0.15) is 0 Å². The van der Waals surface area contributed by atoms with E-state index in [-0.39, 0.29) is 24.0 Å². The standard InChI is InChI=1S/C16H27N5.HI/c1-3-17-16(19-11-15-12-20-21(2)13-15)18-10-9-14-7-5-4-6-8-14;/h7,12-13H,3-6,8-11H2,1-2H3,(H2,17,18,19);1H.